The highest BCUT2D eigenvalue weighted by molar-refractivity contribution is 5.41. The first-order valence-electron chi connectivity index (χ1n) is 4.26. The molecule has 0 bridgehead atoms. The van der Waals surface area contributed by atoms with Gasteiger partial charge in [-0.2, -0.15) is 0 Å². The van der Waals surface area contributed by atoms with E-state index >= 15 is 0 Å². The van der Waals surface area contributed by atoms with Crippen LogP contribution in [-0.2, 0) is 0 Å². The Hall–Kier alpha value is -1.03. The summed E-state index contributed by atoms with van der Waals surface area (Å²) in [5.74, 6) is 0. The largest absolute Gasteiger partial charge is 0.367 e. The van der Waals surface area contributed by atoms with Crippen LogP contribution in [0.5, 0.6) is 0 Å². The number of rotatable bonds is 1. The summed E-state index contributed by atoms with van der Waals surface area (Å²) in [6.07, 6.45) is 5.55. The third kappa shape index (κ3) is 1.43. The number of hydrogen-bond acceptors (Lipinski definition) is 4. The van der Waals surface area contributed by atoms with Crippen molar-refractivity contribution in [3.63, 3.8) is 0 Å². The van der Waals surface area contributed by atoms with Gasteiger partial charge in [-0.1, -0.05) is 5.16 Å². The summed E-state index contributed by atoms with van der Waals surface area (Å²) in [4.78, 5) is 2.25. The van der Waals surface area contributed by atoms with Gasteiger partial charge < -0.3 is 15.2 Å². The summed E-state index contributed by atoms with van der Waals surface area (Å²) >= 11 is 0. The van der Waals surface area contributed by atoms with E-state index in [9.17, 15) is 0 Å². The fourth-order valence-electron chi connectivity index (χ4n) is 1.51. The van der Waals surface area contributed by atoms with Crippen molar-refractivity contribution in [2.45, 2.75) is 18.9 Å². The molecule has 4 nitrogen and oxygen atoms in total. The van der Waals surface area contributed by atoms with Crippen LogP contribution in [0.25, 0.3) is 0 Å². The fourth-order valence-corrected chi connectivity index (χ4v) is 1.51. The molecule has 0 amide bonds. The standard InChI is InChI=1S/C8H13N3O/c9-7-1-3-11(4-2-7)8-5-10-12-6-8/h5-7H,1-4,9H2. The summed E-state index contributed by atoms with van der Waals surface area (Å²) in [5.41, 5.74) is 6.86. The highest BCUT2D eigenvalue weighted by atomic mass is 16.5. The molecule has 0 aliphatic carbocycles. The van der Waals surface area contributed by atoms with E-state index in [0.29, 0.717) is 6.04 Å². The molecule has 0 saturated carbocycles. The molecule has 0 aromatic carbocycles. The van der Waals surface area contributed by atoms with E-state index in [0.717, 1.165) is 31.6 Å². The molecule has 0 atom stereocenters. The van der Waals surface area contributed by atoms with E-state index in [1.165, 1.54) is 0 Å². The molecular weight excluding hydrogens is 154 g/mol. The van der Waals surface area contributed by atoms with Crippen LogP contribution in [0.4, 0.5) is 5.69 Å². The minimum atomic E-state index is 0.376. The molecule has 0 unspecified atom stereocenters. The second kappa shape index (κ2) is 3.15. The predicted molar refractivity (Wildman–Crippen MR) is 45.9 cm³/mol. The van der Waals surface area contributed by atoms with E-state index < -0.39 is 0 Å². The van der Waals surface area contributed by atoms with Crippen molar-refractivity contribution in [3.8, 4) is 0 Å². The average Bonchev–Trinajstić information content (AvgIpc) is 2.58. The fraction of sp³-hybridized carbons (Fsp3) is 0.625. The van der Waals surface area contributed by atoms with Crippen molar-refractivity contribution < 1.29 is 4.52 Å². The van der Waals surface area contributed by atoms with Crippen LogP contribution in [0, 0.1) is 0 Å². The summed E-state index contributed by atoms with van der Waals surface area (Å²) in [5, 5.41) is 3.67. The van der Waals surface area contributed by atoms with Crippen LogP contribution in [0.15, 0.2) is 17.0 Å². The number of aromatic nitrogens is 1. The highest BCUT2D eigenvalue weighted by Crippen LogP contribution is 2.17. The number of nitrogens with zero attached hydrogens (tertiary/aromatic N) is 2. The Morgan fingerprint density at radius 2 is 2.25 bits per heavy atom. The van der Waals surface area contributed by atoms with Gasteiger partial charge >= 0.3 is 0 Å². The highest BCUT2D eigenvalue weighted by Gasteiger charge is 2.16. The first kappa shape index (κ1) is 7.61. The lowest BCUT2D eigenvalue weighted by Gasteiger charge is -2.30. The Labute approximate surface area is 71.3 Å². The molecule has 1 aliphatic rings. The molecule has 0 radical (unpaired) electrons. The van der Waals surface area contributed by atoms with Gasteiger partial charge in [0.15, 0.2) is 0 Å². The summed E-state index contributed by atoms with van der Waals surface area (Å²) < 4.78 is 4.77. The summed E-state index contributed by atoms with van der Waals surface area (Å²) in [7, 11) is 0. The van der Waals surface area contributed by atoms with E-state index in [4.69, 9.17) is 10.3 Å². The van der Waals surface area contributed by atoms with E-state index in [2.05, 4.69) is 10.1 Å². The third-order valence-electron chi connectivity index (χ3n) is 2.32. The Bertz CT molecular complexity index is 226. The minimum absolute atomic E-state index is 0.376. The van der Waals surface area contributed by atoms with Gasteiger partial charge in [-0.05, 0) is 12.8 Å². The van der Waals surface area contributed by atoms with Crippen molar-refractivity contribution in [2.24, 2.45) is 5.73 Å². The Morgan fingerprint density at radius 1 is 1.50 bits per heavy atom. The smallest absolute Gasteiger partial charge is 0.147 e. The molecule has 2 rings (SSSR count). The third-order valence-corrected chi connectivity index (χ3v) is 2.32. The topological polar surface area (TPSA) is 55.3 Å². The lowest BCUT2D eigenvalue weighted by molar-refractivity contribution is 0.419. The molecule has 1 fully saturated rings. The van der Waals surface area contributed by atoms with E-state index in [-0.39, 0.29) is 0 Å². The Kier molecular flexibility index (Phi) is 1.99. The number of anilines is 1. The molecule has 66 valence electrons. The molecule has 1 aromatic rings. The number of hydrogen-bond donors (Lipinski definition) is 1. The van der Waals surface area contributed by atoms with Crippen LogP contribution in [0.2, 0.25) is 0 Å². The SMILES string of the molecule is NC1CCN(c2cnoc2)CC1. The molecule has 1 saturated heterocycles. The van der Waals surface area contributed by atoms with E-state index in [1.54, 1.807) is 12.5 Å². The van der Waals surface area contributed by atoms with Gasteiger partial charge in [0, 0.05) is 19.1 Å². The average molecular weight is 167 g/mol. The zero-order chi connectivity index (χ0) is 8.39. The minimum Gasteiger partial charge on any atom is -0.367 e. The van der Waals surface area contributed by atoms with Crippen molar-refractivity contribution in [1.29, 1.82) is 0 Å². The van der Waals surface area contributed by atoms with Crippen molar-refractivity contribution in [1.82, 2.24) is 5.16 Å². The maximum atomic E-state index is 5.78. The van der Waals surface area contributed by atoms with Crippen LogP contribution in [0.3, 0.4) is 0 Å². The first-order valence-corrected chi connectivity index (χ1v) is 4.26. The molecule has 0 spiro atoms. The zero-order valence-corrected chi connectivity index (χ0v) is 6.94. The van der Waals surface area contributed by atoms with Crippen LogP contribution in [0.1, 0.15) is 12.8 Å². The molecule has 2 N–H and O–H groups in total. The summed E-state index contributed by atoms with van der Waals surface area (Å²) in [6, 6.07) is 0.376. The van der Waals surface area contributed by atoms with Gasteiger partial charge in [-0.3, -0.25) is 0 Å². The van der Waals surface area contributed by atoms with Crippen molar-refractivity contribution >= 4 is 5.69 Å². The van der Waals surface area contributed by atoms with Gasteiger partial charge in [0.05, 0.1) is 11.9 Å². The first-order chi connectivity index (χ1) is 5.86. The lowest BCUT2D eigenvalue weighted by atomic mass is 10.1. The Morgan fingerprint density at radius 3 is 2.83 bits per heavy atom. The molecule has 12 heavy (non-hydrogen) atoms. The van der Waals surface area contributed by atoms with Gasteiger partial charge in [0.25, 0.3) is 0 Å². The normalized spacial score (nSPS) is 19.9. The Balaban J connectivity index is 1.99. The van der Waals surface area contributed by atoms with Crippen LogP contribution < -0.4 is 10.6 Å². The lowest BCUT2D eigenvalue weighted by Crippen LogP contribution is -2.39. The monoisotopic (exact) mass is 167 g/mol. The molecule has 4 heteroatoms. The van der Waals surface area contributed by atoms with E-state index in [1.807, 2.05) is 0 Å². The van der Waals surface area contributed by atoms with Gasteiger partial charge in [-0.25, -0.2) is 0 Å². The summed E-state index contributed by atoms with van der Waals surface area (Å²) in [6.45, 7) is 2.03. The molecular formula is C8H13N3O. The second-order valence-electron chi connectivity index (χ2n) is 3.21. The maximum Gasteiger partial charge on any atom is 0.147 e. The quantitative estimate of drug-likeness (QED) is 0.665. The van der Waals surface area contributed by atoms with Crippen molar-refractivity contribution in [2.75, 3.05) is 18.0 Å². The van der Waals surface area contributed by atoms with Crippen molar-refractivity contribution in [3.05, 3.63) is 12.5 Å². The maximum absolute atomic E-state index is 5.78. The predicted octanol–water partition coefficient (Wildman–Crippen LogP) is 0.602. The van der Waals surface area contributed by atoms with Crippen LogP contribution >= 0.6 is 0 Å². The number of piperidine rings is 1. The van der Waals surface area contributed by atoms with Gasteiger partial charge in [0.1, 0.15) is 6.26 Å². The zero-order valence-electron chi connectivity index (χ0n) is 6.94. The van der Waals surface area contributed by atoms with Gasteiger partial charge in [0.2, 0.25) is 0 Å². The molecule has 1 aromatic heterocycles. The second-order valence-corrected chi connectivity index (χ2v) is 3.21. The van der Waals surface area contributed by atoms with Crippen LogP contribution in [-0.4, -0.2) is 24.3 Å². The molecule has 2 heterocycles. The van der Waals surface area contributed by atoms with Gasteiger partial charge in [-0.15, -0.1) is 0 Å². The molecule has 1 aliphatic heterocycles. The number of nitrogens with two attached hydrogens (primary N) is 1.